The number of likely N-dealkylation sites (N-methyl/N-ethyl adjacent to an activating group) is 1. The largest absolute Gasteiger partial charge is 0.356 e. The molecule has 0 amide bonds. The predicted molar refractivity (Wildman–Crippen MR) is 91.1 cm³/mol. The van der Waals surface area contributed by atoms with Gasteiger partial charge in [0.15, 0.2) is 0 Å². The zero-order valence-electron chi connectivity index (χ0n) is 14.0. The molecule has 2 aliphatic rings. The van der Waals surface area contributed by atoms with Crippen LogP contribution in [0.15, 0.2) is 23.2 Å². The van der Waals surface area contributed by atoms with Crippen LogP contribution in [0, 0.1) is 5.92 Å². The minimum Gasteiger partial charge on any atom is -0.356 e. The third-order valence-corrected chi connectivity index (χ3v) is 6.68. The number of rotatable bonds is 3. The molecule has 0 saturated carbocycles. The lowest BCUT2D eigenvalue weighted by Crippen LogP contribution is -2.47. The fourth-order valence-electron chi connectivity index (χ4n) is 3.29. The zero-order chi connectivity index (χ0) is 16.4. The Morgan fingerprint density at radius 3 is 2.48 bits per heavy atom. The van der Waals surface area contributed by atoms with E-state index >= 15 is 0 Å². The highest BCUT2D eigenvalue weighted by atomic mass is 32.2. The van der Waals surface area contributed by atoms with E-state index in [0.717, 1.165) is 32.0 Å². The number of sulfonamides is 1. The van der Waals surface area contributed by atoms with Gasteiger partial charge in [0, 0.05) is 45.5 Å². The quantitative estimate of drug-likeness (QED) is 0.830. The normalized spacial score (nSPS) is 24.8. The predicted octanol–water partition coefficient (Wildman–Crippen LogP) is 1.25. The van der Waals surface area contributed by atoms with Crippen molar-refractivity contribution in [3.05, 3.63) is 18.3 Å². The molecule has 128 valence electrons. The third-order valence-electron chi connectivity index (χ3n) is 4.80. The molecule has 0 radical (unpaired) electrons. The number of piperidine rings is 1. The molecule has 0 aromatic carbocycles. The Labute approximate surface area is 139 Å². The molecule has 0 spiro atoms. The fraction of sp³-hybridized carbons (Fsp3) is 0.688. The summed E-state index contributed by atoms with van der Waals surface area (Å²) in [7, 11) is -1.40. The highest BCUT2D eigenvalue weighted by Crippen LogP contribution is 2.23. The molecular weight excluding hydrogens is 312 g/mol. The van der Waals surface area contributed by atoms with Crippen molar-refractivity contribution in [3.63, 3.8) is 0 Å². The van der Waals surface area contributed by atoms with Crippen LogP contribution in [0.2, 0.25) is 0 Å². The Balaban J connectivity index is 1.73. The molecule has 0 bridgehead atoms. The summed E-state index contributed by atoms with van der Waals surface area (Å²) in [5, 5.41) is 0. The van der Waals surface area contributed by atoms with Crippen molar-refractivity contribution in [2.24, 2.45) is 5.92 Å². The van der Waals surface area contributed by atoms with Crippen LogP contribution in [0.25, 0.3) is 0 Å². The molecule has 6 nitrogen and oxygen atoms in total. The van der Waals surface area contributed by atoms with Crippen LogP contribution >= 0.6 is 0 Å². The minimum atomic E-state index is -3.42. The first-order chi connectivity index (χ1) is 11.0. The molecule has 1 atom stereocenters. The van der Waals surface area contributed by atoms with Gasteiger partial charge in [-0.15, -0.1) is 0 Å². The van der Waals surface area contributed by atoms with Crippen molar-refractivity contribution in [1.29, 1.82) is 0 Å². The zero-order valence-corrected chi connectivity index (χ0v) is 14.8. The van der Waals surface area contributed by atoms with Crippen molar-refractivity contribution < 1.29 is 8.42 Å². The van der Waals surface area contributed by atoms with Gasteiger partial charge in [-0.05, 0) is 37.9 Å². The Kier molecular flexibility index (Phi) is 4.89. The minimum absolute atomic E-state index is 0.302. The summed E-state index contributed by atoms with van der Waals surface area (Å²) in [6.07, 6.45) is 3.94. The topological polar surface area (TPSA) is 56.8 Å². The molecule has 3 heterocycles. The highest BCUT2D eigenvalue weighted by molar-refractivity contribution is 7.89. The van der Waals surface area contributed by atoms with E-state index in [4.69, 9.17) is 0 Å². The third kappa shape index (κ3) is 3.67. The van der Waals surface area contributed by atoms with Crippen molar-refractivity contribution >= 4 is 15.8 Å². The second-order valence-corrected chi connectivity index (χ2v) is 8.69. The second-order valence-electron chi connectivity index (χ2n) is 6.75. The number of piperazine rings is 1. The van der Waals surface area contributed by atoms with E-state index in [1.807, 2.05) is 13.1 Å². The van der Waals surface area contributed by atoms with Gasteiger partial charge >= 0.3 is 0 Å². The fourth-order valence-corrected chi connectivity index (χ4v) is 4.66. The Morgan fingerprint density at radius 2 is 1.87 bits per heavy atom. The summed E-state index contributed by atoms with van der Waals surface area (Å²) in [6.45, 7) is 6.89. The molecule has 0 unspecified atom stereocenters. The van der Waals surface area contributed by atoms with Crippen LogP contribution in [-0.2, 0) is 10.0 Å². The van der Waals surface area contributed by atoms with Crippen molar-refractivity contribution in [3.8, 4) is 0 Å². The van der Waals surface area contributed by atoms with Gasteiger partial charge in [0.05, 0.1) is 0 Å². The van der Waals surface area contributed by atoms with Crippen molar-refractivity contribution in [2.45, 2.75) is 24.7 Å². The summed E-state index contributed by atoms with van der Waals surface area (Å²) in [5.41, 5.74) is 0. The molecule has 1 aromatic heterocycles. The molecule has 2 aliphatic heterocycles. The lowest BCUT2D eigenvalue weighted by molar-refractivity contribution is 0.222. The number of hydrogen-bond donors (Lipinski definition) is 0. The molecule has 2 fully saturated rings. The van der Waals surface area contributed by atoms with Gasteiger partial charge in [0.2, 0.25) is 10.0 Å². The van der Waals surface area contributed by atoms with Crippen LogP contribution in [-0.4, -0.2) is 68.9 Å². The number of nitrogens with zero attached hydrogens (tertiary/aromatic N) is 4. The number of pyridine rings is 1. The monoisotopic (exact) mass is 338 g/mol. The van der Waals surface area contributed by atoms with Gasteiger partial charge in [-0.2, -0.15) is 4.31 Å². The van der Waals surface area contributed by atoms with Crippen LogP contribution in [0.1, 0.15) is 19.8 Å². The number of anilines is 1. The van der Waals surface area contributed by atoms with E-state index in [1.165, 1.54) is 19.0 Å². The standard InChI is InChI=1S/C16H26N4O2S/c1-14-4-3-7-19(13-14)16-6-5-15(12-17-16)23(21,22)20-10-8-18(2)9-11-20/h5-6,12,14H,3-4,7-11,13H2,1-2H3/t14-/m0/s1. The average Bonchev–Trinajstić information content (AvgIpc) is 2.55. The van der Waals surface area contributed by atoms with E-state index in [-0.39, 0.29) is 0 Å². The van der Waals surface area contributed by atoms with E-state index in [9.17, 15) is 8.42 Å². The van der Waals surface area contributed by atoms with Gasteiger partial charge in [-0.25, -0.2) is 13.4 Å². The van der Waals surface area contributed by atoms with Crippen LogP contribution in [0.5, 0.6) is 0 Å². The summed E-state index contributed by atoms with van der Waals surface area (Å²) in [5.74, 6) is 1.55. The molecule has 7 heteroatoms. The summed E-state index contributed by atoms with van der Waals surface area (Å²) < 4.78 is 26.9. The van der Waals surface area contributed by atoms with E-state index in [1.54, 1.807) is 10.4 Å². The Bertz CT molecular complexity index is 624. The van der Waals surface area contributed by atoms with Crippen LogP contribution in [0.3, 0.4) is 0 Å². The maximum Gasteiger partial charge on any atom is 0.244 e. The number of hydrogen-bond acceptors (Lipinski definition) is 5. The van der Waals surface area contributed by atoms with E-state index in [2.05, 4.69) is 21.7 Å². The van der Waals surface area contributed by atoms with Crippen LogP contribution < -0.4 is 4.90 Å². The highest BCUT2D eigenvalue weighted by Gasteiger charge is 2.28. The van der Waals surface area contributed by atoms with Gasteiger partial charge in [-0.3, -0.25) is 0 Å². The molecule has 0 N–H and O–H groups in total. The molecule has 2 saturated heterocycles. The Morgan fingerprint density at radius 1 is 1.13 bits per heavy atom. The van der Waals surface area contributed by atoms with E-state index in [0.29, 0.717) is 23.9 Å². The van der Waals surface area contributed by atoms with Crippen molar-refractivity contribution in [2.75, 3.05) is 51.2 Å². The SMILES string of the molecule is C[C@H]1CCCN(c2ccc(S(=O)(=O)N3CCN(C)CC3)cn2)C1. The summed E-state index contributed by atoms with van der Waals surface area (Å²) in [4.78, 5) is 9.12. The van der Waals surface area contributed by atoms with Gasteiger partial charge in [0.25, 0.3) is 0 Å². The van der Waals surface area contributed by atoms with E-state index < -0.39 is 10.0 Å². The Hall–Kier alpha value is -1.18. The average molecular weight is 338 g/mol. The molecule has 1 aromatic rings. The summed E-state index contributed by atoms with van der Waals surface area (Å²) >= 11 is 0. The summed E-state index contributed by atoms with van der Waals surface area (Å²) in [6, 6.07) is 3.55. The maximum atomic E-state index is 12.7. The number of aromatic nitrogens is 1. The lowest BCUT2D eigenvalue weighted by Gasteiger charge is -2.32. The van der Waals surface area contributed by atoms with Gasteiger partial charge in [-0.1, -0.05) is 6.92 Å². The molecular formula is C16H26N4O2S. The molecule has 3 rings (SSSR count). The molecule has 0 aliphatic carbocycles. The van der Waals surface area contributed by atoms with Crippen molar-refractivity contribution in [1.82, 2.24) is 14.2 Å². The maximum absolute atomic E-state index is 12.7. The second kappa shape index (κ2) is 6.75. The lowest BCUT2D eigenvalue weighted by atomic mass is 10.0. The first-order valence-electron chi connectivity index (χ1n) is 8.36. The van der Waals surface area contributed by atoms with Gasteiger partial charge < -0.3 is 9.80 Å². The van der Waals surface area contributed by atoms with Crippen LogP contribution in [0.4, 0.5) is 5.82 Å². The first kappa shape index (κ1) is 16.7. The molecule has 23 heavy (non-hydrogen) atoms. The van der Waals surface area contributed by atoms with Gasteiger partial charge in [0.1, 0.15) is 10.7 Å². The smallest absolute Gasteiger partial charge is 0.244 e. The first-order valence-corrected chi connectivity index (χ1v) is 9.80.